The Hall–Kier alpha value is -2.45. The molecule has 0 spiro atoms. The first-order chi connectivity index (χ1) is 11.4. The summed E-state index contributed by atoms with van der Waals surface area (Å²) >= 11 is 0. The van der Waals surface area contributed by atoms with Crippen molar-refractivity contribution in [3.05, 3.63) is 41.5 Å². The van der Waals surface area contributed by atoms with E-state index in [0.29, 0.717) is 18.5 Å². The van der Waals surface area contributed by atoms with E-state index >= 15 is 0 Å². The van der Waals surface area contributed by atoms with E-state index in [4.69, 9.17) is 0 Å². The highest BCUT2D eigenvalue weighted by molar-refractivity contribution is 5.92. The fourth-order valence-electron chi connectivity index (χ4n) is 3.04. The van der Waals surface area contributed by atoms with Gasteiger partial charge in [-0.25, -0.2) is 4.68 Å². The summed E-state index contributed by atoms with van der Waals surface area (Å²) in [5.41, 5.74) is 1.44. The molecule has 1 aliphatic rings. The van der Waals surface area contributed by atoms with Gasteiger partial charge in [0.15, 0.2) is 0 Å². The smallest absolute Gasteiger partial charge is 0.320 e. The first-order valence-electron chi connectivity index (χ1n) is 7.53. The third-order valence-corrected chi connectivity index (χ3v) is 4.09. The summed E-state index contributed by atoms with van der Waals surface area (Å²) in [5, 5.41) is 7.21. The van der Waals surface area contributed by atoms with Gasteiger partial charge in [0.25, 0.3) is 5.91 Å². The predicted molar refractivity (Wildman–Crippen MR) is 78.0 cm³/mol. The van der Waals surface area contributed by atoms with E-state index < -0.39 is 24.7 Å². The number of carbonyl (C=O) groups is 1. The Morgan fingerprint density at radius 1 is 1.46 bits per heavy atom. The summed E-state index contributed by atoms with van der Waals surface area (Å²) in [6, 6.07) is 2.89. The minimum absolute atomic E-state index is 0.0160. The molecule has 2 aromatic rings. The molecule has 2 heterocycles. The van der Waals surface area contributed by atoms with Gasteiger partial charge in [-0.05, 0) is 30.9 Å². The number of halogens is 3. The van der Waals surface area contributed by atoms with Crippen LogP contribution in [0, 0.1) is 0 Å². The highest BCUT2D eigenvalue weighted by atomic mass is 19.4. The molecule has 0 aromatic carbocycles. The number of fused-ring (bicyclic) bond motifs is 1. The molecule has 3 rings (SSSR count). The van der Waals surface area contributed by atoms with Gasteiger partial charge in [0.05, 0.1) is 17.9 Å². The third-order valence-electron chi connectivity index (χ3n) is 4.09. The molecule has 1 aliphatic carbocycles. The van der Waals surface area contributed by atoms with Gasteiger partial charge < -0.3 is 4.90 Å². The Labute approximate surface area is 136 Å². The van der Waals surface area contributed by atoms with E-state index in [1.54, 1.807) is 12.3 Å². The van der Waals surface area contributed by atoms with Crippen molar-refractivity contribution >= 4 is 5.91 Å². The molecule has 6 nitrogen and oxygen atoms in total. The number of pyridine rings is 1. The van der Waals surface area contributed by atoms with Crippen LogP contribution in [0.2, 0.25) is 0 Å². The van der Waals surface area contributed by atoms with E-state index in [1.165, 1.54) is 17.9 Å². The zero-order chi connectivity index (χ0) is 17.3. The summed E-state index contributed by atoms with van der Waals surface area (Å²) in [6.45, 7) is -1.34. The van der Waals surface area contributed by atoms with Crippen molar-refractivity contribution in [1.29, 1.82) is 0 Å². The lowest BCUT2D eigenvalue weighted by Crippen LogP contribution is -2.43. The maximum Gasteiger partial charge on any atom is 0.406 e. The molecule has 128 valence electrons. The van der Waals surface area contributed by atoms with Crippen LogP contribution in [0.5, 0.6) is 0 Å². The predicted octanol–water partition coefficient (Wildman–Crippen LogP) is 2.29. The Balaban J connectivity index is 2.00. The van der Waals surface area contributed by atoms with Gasteiger partial charge >= 0.3 is 6.18 Å². The van der Waals surface area contributed by atoms with E-state index in [1.807, 2.05) is 6.07 Å². The molecule has 1 amide bonds. The van der Waals surface area contributed by atoms with Crippen molar-refractivity contribution < 1.29 is 18.0 Å². The Kier molecular flexibility index (Phi) is 4.25. The quantitative estimate of drug-likeness (QED) is 0.861. The van der Waals surface area contributed by atoms with Gasteiger partial charge in [0, 0.05) is 13.2 Å². The van der Waals surface area contributed by atoms with Gasteiger partial charge in [-0.3, -0.25) is 9.78 Å². The maximum absolute atomic E-state index is 13.1. The summed E-state index contributed by atoms with van der Waals surface area (Å²) in [7, 11) is 1.47. The van der Waals surface area contributed by atoms with Crippen molar-refractivity contribution in [3.63, 3.8) is 0 Å². The number of aromatic nitrogens is 4. The highest BCUT2D eigenvalue weighted by Gasteiger charge is 2.40. The largest absolute Gasteiger partial charge is 0.406 e. The van der Waals surface area contributed by atoms with Gasteiger partial charge in [0.2, 0.25) is 0 Å². The van der Waals surface area contributed by atoms with Crippen LogP contribution in [0.4, 0.5) is 13.2 Å². The lowest BCUT2D eigenvalue weighted by molar-refractivity contribution is -0.145. The molecule has 0 saturated heterocycles. The van der Waals surface area contributed by atoms with Crippen LogP contribution in [-0.4, -0.2) is 43.5 Å². The second kappa shape index (κ2) is 6.21. The van der Waals surface area contributed by atoms with Crippen molar-refractivity contribution in [2.75, 3.05) is 6.54 Å². The summed E-state index contributed by atoms with van der Waals surface area (Å²) in [6.07, 6.45) is 0.105. The van der Waals surface area contributed by atoms with Gasteiger partial charge in [-0.2, -0.15) is 13.2 Å². The zero-order valence-electron chi connectivity index (χ0n) is 13.0. The topological polar surface area (TPSA) is 63.9 Å². The second-order valence-corrected chi connectivity index (χ2v) is 5.75. The van der Waals surface area contributed by atoms with Crippen LogP contribution in [-0.2, 0) is 13.5 Å². The molecule has 0 radical (unpaired) electrons. The van der Waals surface area contributed by atoms with Crippen LogP contribution < -0.4 is 0 Å². The standard InChI is InChI=1S/C15H16F3N5O/c1-22-12(8-20-21-22)14(24)23(9-15(16,17)18)11-6-2-4-10-5-3-7-19-13(10)11/h3,5,7-8,11H,2,4,6,9H2,1H3. The van der Waals surface area contributed by atoms with Crippen LogP contribution in [0.25, 0.3) is 0 Å². The monoisotopic (exact) mass is 339 g/mol. The van der Waals surface area contributed by atoms with Crippen molar-refractivity contribution in [3.8, 4) is 0 Å². The summed E-state index contributed by atoms with van der Waals surface area (Å²) in [5.74, 6) is -0.747. The highest BCUT2D eigenvalue weighted by Crippen LogP contribution is 2.35. The van der Waals surface area contributed by atoms with Gasteiger partial charge in [-0.15, -0.1) is 5.10 Å². The fourth-order valence-corrected chi connectivity index (χ4v) is 3.04. The molecule has 0 aliphatic heterocycles. The van der Waals surface area contributed by atoms with Gasteiger partial charge in [-0.1, -0.05) is 11.3 Å². The number of amides is 1. The van der Waals surface area contributed by atoms with Crippen LogP contribution in [0.1, 0.15) is 40.6 Å². The molecular formula is C15H16F3N5O. The van der Waals surface area contributed by atoms with Crippen LogP contribution >= 0.6 is 0 Å². The SMILES string of the molecule is Cn1nncc1C(=O)N(CC(F)(F)F)C1CCCc2cccnc21. The molecule has 0 fully saturated rings. The first-order valence-corrected chi connectivity index (χ1v) is 7.53. The molecule has 9 heteroatoms. The summed E-state index contributed by atoms with van der Waals surface area (Å²) in [4.78, 5) is 17.8. The minimum Gasteiger partial charge on any atom is -0.320 e. The number of aryl methyl sites for hydroxylation is 2. The maximum atomic E-state index is 13.1. The Morgan fingerprint density at radius 2 is 2.25 bits per heavy atom. The van der Waals surface area contributed by atoms with E-state index in [-0.39, 0.29) is 5.69 Å². The van der Waals surface area contributed by atoms with Gasteiger partial charge in [0.1, 0.15) is 12.2 Å². The number of carbonyl (C=O) groups excluding carboxylic acids is 1. The first kappa shape index (κ1) is 16.4. The third kappa shape index (κ3) is 3.24. The normalized spacial score (nSPS) is 17.4. The lowest BCUT2D eigenvalue weighted by atomic mass is 9.90. The molecular weight excluding hydrogens is 323 g/mol. The van der Waals surface area contributed by atoms with Crippen molar-refractivity contribution in [2.45, 2.75) is 31.5 Å². The number of hydrogen-bond donors (Lipinski definition) is 0. The Bertz CT molecular complexity index is 743. The van der Waals surface area contributed by atoms with E-state index in [9.17, 15) is 18.0 Å². The molecule has 0 saturated carbocycles. The lowest BCUT2D eigenvalue weighted by Gasteiger charge is -2.35. The van der Waals surface area contributed by atoms with Crippen LogP contribution in [0.3, 0.4) is 0 Å². The number of nitrogens with zero attached hydrogens (tertiary/aromatic N) is 5. The average Bonchev–Trinajstić information content (AvgIpc) is 2.97. The molecule has 2 aromatic heterocycles. The van der Waals surface area contributed by atoms with Crippen molar-refractivity contribution in [1.82, 2.24) is 24.9 Å². The second-order valence-electron chi connectivity index (χ2n) is 5.75. The average molecular weight is 339 g/mol. The number of rotatable bonds is 3. The fraction of sp³-hybridized carbons (Fsp3) is 0.467. The number of hydrogen-bond acceptors (Lipinski definition) is 4. The van der Waals surface area contributed by atoms with Crippen LogP contribution in [0.15, 0.2) is 24.5 Å². The molecule has 24 heavy (non-hydrogen) atoms. The van der Waals surface area contributed by atoms with E-state index in [2.05, 4.69) is 15.3 Å². The zero-order valence-corrected chi connectivity index (χ0v) is 13.0. The Morgan fingerprint density at radius 3 is 2.92 bits per heavy atom. The molecule has 1 unspecified atom stereocenters. The number of alkyl halides is 3. The van der Waals surface area contributed by atoms with E-state index in [0.717, 1.165) is 16.9 Å². The summed E-state index contributed by atoms with van der Waals surface area (Å²) < 4.78 is 40.4. The van der Waals surface area contributed by atoms with Crippen molar-refractivity contribution in [2.24, 2.45) is 7.05 Å². The minimum atomic E-state index is -4.51. The molecule has 1 atom stereocenters. The molecule has 0 bridgehead atoms. The molecule has 0 N–H and O–H groups in total.